The van der Waals surface area contributed by atoms with E-state index in [0.29, 0.717) is 12.1 Å². The molecule has 0 radical (unpaired) electrons. The van der Waals surface area contributed by atoms with E-state index < -0.39 is 0 Å². The maximum absolute atomic E-state index is 5.76. The predicted octanol–water partition coefficient (Wildman–Crippen LogP) is 2.86. The Hall–Kier alpha value is -0.420. The highest BCUT2D eigenvalue weighted by molar-refractivity contribution is 7.11. The Morgan fingerprint density at radius 2 is 2.16 bits per heavy atom. The highest BCUT2D eigenvalue weighted by Gasteiger charge is 2.25. The fourth-order valence-electron chi connectivity index (χ4n) is 2.53. The monoisotopic (exact) mass is 282 g/mol. The molecule has 3 nitrogen and oxygen atoms in total. The molecule has 1 aromatic heterocycles. The second-order valence-electron chi connectivity index (χ2n) is 5.28. The Bertz CT molecular complexity index is 380. The third-order valence-corrected chi connectivity index (χ3v) is 4.75. The van der Waals surface area contributed by atoms with Gasteiger partial charge in [0.05, 0.1) is 12.7 Å². The minimum absolute atomic E-state index is 0.365. The maximum atomic E-state index is 5.76. The zero-order chi connectivity index (χ0) is 13.7. The summed E-state index contributed by atoms with van der Waals surface area (Å²) in [5.74, 6) is 0. The van der Waals surface area contributed by atoms with Gasteiger partial charge in [0.15, 0.2) is 0 Å². The molecule has 0 aromatic carbocycles. The summed E-state index contributed by atoms with van der Waals surface area (Å²) in [5, 5.41) is 3.39. The number of nitrogens with zero attached hydrogens (tertiary/aromatic N) is 1. The quantitative estimate of drug-likeness (QED) is 0.868. The van der Waals surface area contributed by atoms with E-state index in [0.717, 1.165) is 32.8 Å². The van der Waals surface area contributed by atoms with Crippen molar-refractivity contribution in [2.45, 2.75) is 52.4 Å². The van der Waals surface area contributed by atoms with Gasteiger partial charge in [-0.05, 0) is 32.0 Å². The lowest BCUT2D eigenvalue weighted by Gasteiger charge is -2.38. The molecule has 1 saturated heterocycles. The summed E-state index contributed by atoms with van der Waals surface area (Å²) < 4.78 is 5.76. The van der Waals surface area contributed by atoms with Crippen LogP contribution in [0.5, 0.6) is 0 Å². The van der Waals surface area contributed by atoms with Gasteiger partial charge in [0.1, 0.15) is 0 Å². The normalized spacial score (nSPS) is 24.8. The zero-order valence-corrected chi connectivity index (χ0v) is 13.1. The lowest BCUT2D eigenvalue weighted by Crippen LogP contribution is -2.47. The molecule has 0 spiro atoms. The summed E-state index contributed by atoms with van der Waals surface area (Å²) >= 11 is 1.94. The fourth-order valence-corrected chi connectivity index (χ4v) is 3.55. The van der Waals surface area contributed by atoms with E-state index in [2.05, 4.69) is 43.1 Å². The second kappa shape index (κ2) is 7.39. The summed E-state index contributed by atoms with van der Waals surface area (Å²) in [6.07, 6.45) is 1.53. The van der Waals surface area contributed by atoms with Gasteiger partial charge in [0.2, 0.25) is 0 Å². The molecule has 19 heavy (non-hydrogen) atoms. The number of morpholine rings is 1. The number of hydrogen-bond acceptors (Lipinski definition) is 4. The average molecular weight is 282 g/mol. The van der Waals surface area contributed by atoms with Gasteiger partial charge >= 0.3 is 0 Å². The minimum atomic E-state index is 0.365. The summed E-state index contributed by atoms with van der Waals surface area (Å²) in [7, 11) is 0. The van der Waals surface area contributed by atoms with E-state index in [4.69, 9.17) is 4.74 Å². The topological polar surface area (TPSA) is 24.5 Å². The van der Waals surface area contributed by atoms with Gasteiger partial charge in [-0.2, -0.15) is 0 Å². The van der Waals surface area contributed by atoms with Crippen LogP contribution >= 0.6 is 11.3 Å². The summed E-state index contributed by atoms with van der Waals surface area (Å²) in [6, 6.07) is 5.12. The van der Waals surface area contributed by atoms with Crippen LogP contribution in [0, 0.1) is 0 Å². The van der Waals surface area contributed by atoms with E-state index in [1.165, 1.54) is 16.2 Å². The molecule has 2 heterocycles. The molecule has 0 saturated carbocycles. The van der Waals surface area contributed by atoms with E-state index in [-0.39, 0.29) is 0 Å². The van der Waals surface area contributed by atoms with E-state index in [1.54, 1.807) is 0 Å². The number of nitrogens with one attached hydrogen (secondary N) is 1. The Morgan fingerprint density at radius 3 is 2.89 bits per heavy atom. The van der Waals surface area contributed by atoms with Gasteiger partial charge in [-0.1, -0.05) is 13.8 Å². The summed E-state index contributed by atoms with van der Waals surface area (Å²) in [5.41, 5.74) is 0. The van der Waals surface area contributed by atoms with Gasteiger partial charge in [0.25, 0.3) is 0 Å². The van der Waals surface area contributed by atoms with Gasteiger partial charge < -0.3 is 10.1 Å². The SMILES string of the molecule is CCNCc1ccc(CN2CC(C)OCC2CC)s1. The molecule has 0 bridgehead atoms. The lowest BCUT2D eigenvalue weighted by molar-refractivity contribution is -0.0588. The number of thiophene rings is 1. The molecule has 2 unspecified atom stereocenters. The highest BCUT2D eigenvalue weighted by atomic mass is 32.1. The van der Waals surface area contributed by atoms with Gasteiger partial charge in [0, 0.05) is 35.4 Å². The zero-order valence-electron chi connectivity index (χ0n) is 12.3. The van der Waals surface area contributed by atoms with Crippen molar-refractivity contribution < 1.29 is 4.74 Å². The van der Waals surface area contributed by atoms with Crippen LogP contribution in [-0.2, 0) is 17.8 Å². The predicted molar refractivity (Wildman–Crippen MR) is 81.6 cm³/mol. The standard InChI is InChI=1S/C15H26N2OS/c1-4-13-11-18-12(3)9-17(13)10-15-7-6-14(19-15)8-16-5-2/h6-7,12-13,16H,4-5,8-11H2,1-3H3. The Labute approximate surface area is 121 Å². The first kappa shape index (κ1) is 15.0. The average Bonchev–Trinajstić information content (AvgIpc) is 2.84. The highest BCUT2D eigenvalue weighted by Crippen LogP contribution is 2.22. The third kappa shape index (κ3) is 4.28. The van der Waals surface area contributed by atoms with Crippen molar-refractivity contribution in [2.75, 3.05) is 19.7 Å². The summed E-state index contributed by atoms with van der Waals surface area (Å²) in [6.45, 7) is 11.6. The molecule has 2 atom stereocenters. The molecule has 108 valence electrons. The van der Waals surface area contributed by atoms with Crippen LogP contribution in [-0.4, -0.2) is 36.7 Å². The van der Waals surface area contributed by atoms with Crippen molar-refractivity contribution in [3.8, 4) is 0 Å². The molecule has 0 amide bonds. The number of rotatable bonds is 6. The maximum Gasteiger partial charge on any atom is 0.0674 e. The molecule has 2 rings (SSSR count). The van der Waals surface area contributed by atoms with Gasteiger partial charge in [-0.25, -0.2) is 0 Å². The molecule has 0 aliphatic carbocycles. The van der Waals surface area contributed by atoms with E-state index in [1.807, 2.05) is 11.3 Å². The second-order valence-corrected chi connectivity index (χ2v) is 6.54. The smallest absolute Gasteiger partial charge is 0.0674 e. The molecule has 1 N–H and O–H groups in total. The van der Waals surface area contributed by atoms with Crippen LogP contribution in [0.3, 0.4) is 0 Å². The number of hydrogen-bond donors (Lipinski definition) is 1. The Kier molecular flexibility index (Phi) is 5.82. The first-order valence-electron chi connectivity index (χ1n) is 7.36. The Balaban J connectivity index is 1.92. The minimum Gasteiger partial charge on any atom is -0.376 e. The Morgan fingerprint density at radius 1 is 1.37 bits per heavy atom. The van der Waals surface area contributed by atoms with E-state index >= 15 is 0 Å². The van der Waals surface area contributed by atoms with Crippen molar-refractivity contribution in [1.82, 2.24) is 10.2 Å². The molecule has 1 aromatic rings. The first-order chi connectivity index (χ1) is 9.22. The van der Waals surface area contributed by atoms with Crippen molar-refractivity contribution in [3.63, 3.8) is 0 Å². The number of ether oxygens (including phenoxy) is 1. The van der Waals surface area contributed by atoms with Gasteiger partial charge in [-0.3, -0.25) is 4.90 Å². The van der Waals surface area contributed by atoms with Crippen LogP contribution < -0.4 is 5.32 Å². The van der Waals surface area contributed by atoms with Crippen LogP contribution in [0.4, 0.5) is 0 Å². The fraction of sp³-hybridized carbons (Fsp3) is 0.733. The van der Waals surface area contributed by atoms with Crippen LogP contribution in [0.25, 0.3) is 0 Å². The largest absolute Gasteiger partial charge is 0.376 e. The van der Waals surface area contributed by atoms with Crippen LogP contribution in [0.2, 0.25) is 0 Å². The van der Waals surface area contributed by atoms with Crippen molar-refractivity contribution in [2.24, 2.45) is 0 Å². The molecule has 1 aliphatic rings. The molecule has 1 fully saturated rings. The van der Waals surface area contributed by atoms with Crippen molar-refractivity contribution >= 4 is 11.3 Å². The van der Waals surface area contributed by atoms with Crippen molar-refractivity contribution in [3.05, 3.63) is 21.9 Å². The lowest BCUT2D eigenvalue weighted by atomic mass is 10.1. The summed E-state index contributed by atoms with van der Waals surface area (Å²) in [4.78, 5) is 5.49. The third-order valence-electron chi connectivity index (χ3n) is 3.68. The molecular weight excluding hydrogens is 256 g/mol. The van der Waals surface area contributed by atoms with Gasteiger partial charge in [-0.15, -0.1) is 11.3 Å². The molecule has 4 heteroatoms. The van der Waals surface area contributed by atoms with Crippen LogP contribution in [0.15, 0.2) is 12.1 Å². The molecular formula is C15H26N2OS. The van der Waals surface area contributed by atoms with Crippen LogP contribution in [0.1, 0.15) is 36.9 Å². The first-order valence-corrected chi connectivity index (χ1v) is 8.18. The van der Waals surface area contributed by atoms with E-state index in [9.17, 15) is 0 Å². The molecule has 1 aliphatic heterocycles. The van der Waals surface area contributed by atoms with Crippen molar-refractivity contribution in [1.29, 1.82) is 0 Å².